The molecule has 84 valence electrons. The Morgan fingerprint density at radius 1 is 1.80 bits per heavy atom. The van der Waals surface area contributed by atoms with Gasteiger partial charge in [0.25, 0.3) is 0 Å². The fourth-order valence-electron chi connectivity index (χ4n) is 1.69. The Morgan fingerprint density at radius 3 is 2.93 bits per heavy atom. The quantitative estimate of drug-likeness (QED) is 0.398. The molecule has 0 aromatic carbocycles. The number of methoxy groups -OCH3 is 1. The molecule has 15 heavy (non-hydrogen) atoms. The van der Waals surface area contributed by atoms with Crippen LogP contribution in [0.3, 0.4) is 0 Å². The van der Waals surface area contributed by atoms with Crippen molar-refractivity contribution in [3.05, 3.63) is 10.4 Å². The van der Waals surface area contributed by atoms with Crippen molar-refractivity contribution in [1.82, 2.24) is 4.90 Å². The number of carbonyl (C=O) groups excluding carboxylic acids is 1. The van der Waals surface area contributed by atoms with E-state index in [-0.39, 0.29) is 6.54 Å². The predicted octanol–water partition coefficient (Wildman–Crippen LogP) is 0.888. The summed E-state index contributed by atoms with van der Waals surface area (Å²) in [5.74, 6) is 0. The van der Waals surface area contributed by atoms with E-state index < -0.39 is 17.7 Å². The minimum atomic E-state index is -1.20. The summed E-state index contributed by atoms with van der Waals surface area (Å²) in [6.45, 7) is 2.08. The number of ether oxygens (including phenoxy) is 1. The molecule has 7 heteroatoms. The summed E-state index contributed by atoms with van der Waals surface area (Å²) in [6, 6.07) is -0.497. The number of rotatable bonds is 1. The highest BCUT2D eigenvalue weighted by atomic mass is 16.5. The number of aliphatic hydroxyl groups is 1. The van der Waals surface area contributed by atoms with Crippen molar-refractivity contribution in [3.8, 4) is 0 Å². The molecule has 1 heterocycles. The van der Waals surface area contributed by atoms with Crippen LogP contribution in [0.2, 0.25) is 0 Å². The molecule has 1 aliphatic rings. The molecule has 0 radical (unpaired) electrons. The van der Waals surface area contributed by atoms with Crippen molar-refractivity contribution in [2.45, 2.75) is 25.0 Å². The number of likely N-dealkylation sites (tertiary alicyclic amines) is 1. The SMILES string of the molecule is COC(=O)N1CCC(N=[N+]=[N-])[C@](C)(O)C1. The van der Waals surface area contributed by atoms with E-state index in [0.29, 0.717) is 13.0 Å². The largest absolute Gasteiger partial charge is 0.453 e. The van der Waals surface area contributed by atoms with Gasteiger partial charge < -0.3 is 14.7 Å². The highest BCUT2D eigenvalue weighted by Gasteiger charge is 2.39. The second-order valence-corrected chi connectivity index (χ2v) is 3.76. The van der Waals surface area contributed by atoms with Gasteiger partial charge in [0.1, 0.15) is 0 Å². The Labute approximate surface area is 87.3 Å². The first-order valence-electron chi connectivity index (χ1n) is 4.60. The van der Waals surface area contributed by atoms with Crippen LogP contribution >= 0.6 is 0 Å². The molecule has 1 rings (SSSR count). The van der Waals surface area contributed by atoms with Gasteiger partial charge in [-0.05, 0) is 18.9 Å². The number of hydrogen-bond acceptors (Lipinski definition) is 4. The highest BCUT2D eigenvalue weighted by Crippen LogP contribution is 2.24. The third-order valence-corrected chi connectivity index (χ3v) is 2.53. The van der Waals surface area contributed by atoms with E-state index in [4.69, 9.17) is 5.53 Å². The lowest BCUT2D eigenvalue weighted by molar-refractivity contribution is -0.0279. The summed E-state index contributed by atoms with van der Waals surface area (Å²) < 4.78 is 4.55. The first-order chi connectivity index (χ1) is 7.01. The number of piperidine rings is 1. The molecule has 1 fully saturated rings. The van der Waals surface area contributed by atoms with Crippen LogP contribution in [0.15, 0.2) is 5.11 Å². The smallest absolute Gasteiger partial charge is 0.409 e. The van der Waals surface area contributed by atoms with Crippen molar-refractivity contribution in [1.29, 1.82) is 0 Å². The summed E-state index contributed by atoms with van der Waals surface area (Å²) in [5.41, 5.74) is 7.12. The van der Waals surface area contributed by atoms with Crippen LogP contribution < -0.4 is 0 Å². The van der Waals surface area contributed by atoms with Crippen LogP contribution in [-0.4, -0.2) is 47.9 Å². The minimum Gasteiger partial charge on any atom is -0.453 e. The molecule has 1 aliphatic heterocycles. The van der Waals surface area contributed by atoms with Gasteiger partial charge in [0.05, 0.1) is 25.3 Å². The van der Waals surface area contributed by atoms with Gasteiger partial charge in [-0.15, -0.1) is 0 Å². The average molecular weight is 214 g/mol. The summed E-state index contributed by atoms with van der Waals surface area (Å²) in [6.07, 6.45) is -0.0405. The molecule has 0 saturated carbocycles. The van der Waals surface area contributed by atoms with Crippen LogP contribution in [0.4, 0.5) is 4.79 Å². The van der Waals surface area contributed by atoms with Crippen LogP contribution in [0.1, 0.15) is 13.3 Å². The Kier molecular flexibility index (Phi) is 3.39. The zero-order chi connectivity index (χ0) is 11.5. The molecule has 0 aliphatic carbocycles. The van der Waals surface area contributed by atoms with Gasteiger partial charge in [-0.2, -0.15) is 0 Å². The van der Waals surface area contributed by atoms with E-state index >= 15 is 0 Å². The van der Waals surface area contributed by atoms with Crippen molar-refractivity contribution in [2.24, 2.45) is 5.11 Å². The second-order valence-electron chi connectivity index (χ2n) is 3.76. The normalized spacial score (nSPS) is 30.6. The van der Waals surface area contributed by atoms with Crippen molar-refractivity contribution in [3.63, 3.8) is 0 Å². The van der Waals surface area contributed by atoms with Crippen molar-refractivity contribution in [2.75, 3.05) is 20.2 Å². The van der Waals surface area contributed by atoms with Crippen molar-refractivity contribution < 1.29 is 14.6 Å². The lowest BCUT2D eigenvalue weighted by Gasteiger charge is -2.40. The first-order valence-corrected chi connectivity index (χ1v) is 4.60. The van der Waals surface area contributed by atoms with Crippen LogP contribution in [0.5, 0.6) is 0 Å². The molecule has 0 aromatic heterocycles. The molecule has 7 nitrogen and oxygen atoms in total. The van der Waals surface area contributed by atoms with Gasteiger partial charge in [0.15, 0.2) is 0 Å². The van der Waals surface area contributed by atoms with Crippen LogP contribution in [0.25, 0.3) is 10.4 Å². The van der Waals surface area contributed by atoms with Gasteiger partial charge in [-0.3, -0.25) is 0 Å². The topological polar surface area (TPSA) is 98.5 Å². The van der Waals surface area contributed by atoms with E-state index in [0.717, 1.165) is 0 Å². The zero-order valence-electron chi connectivity index (χ0n) is 8.75. The highest BCUT2D eigenvalue weighted by molar-refractivity contribution is 5.67. The van der Waals surface area contributed by atoms with E-state index in [2.05, 4.69) is 14.8 Å². The molecule has 0 bridgehead atoms. The maximum atomic E-state index is 11.2. The monoisotopic (exact) mass is 214 g/mol. The fourth-order valence-corrected chi connectivity index (χ4v) is 1.69. The van der Waals surface area contributed by atoms with Gasteiger partial charge in [-0.25, -0.2) is 4.79 Å². The Hall–Kier alpha value is -1.46. The maximum Gasteiger partial charge on any atom is 0.409 e. The molecule has 1 amide bonds. The zero-order valence-corrected chi connectivity index (χ0v) is 8.75. The third-order valence-electron chi connectivity index (χ3n) is 2.53. The predicted molar refractivity (Wildman–Crippen MR) is 52.2 cm³/mol. The molecule has 1 unspecified atom stereocenters. The fraction of sp³-hybridized carbons (Fsp3) is 0.875. The number of nitrogens with zero attached hydrogens (tertiary/aromatic N) is 4. The average Bonchev–Trinajstić information content (AvgIpc) is 2.19. The number of carbonyl (C=O) groups is 1. The second kappa shape index (κ2) is 4.37. The summed E-state index contributed by atoms with van der Waals surface area (Å²) in [5, 5.41) is 13.5. The third kappa shape index (κ3) is 2.51. The standard InChI is InChI=1S/C8H14N4O3/c1-8(14)5-12(7(13)15-2)4-3-6(8)10-11-9/h6,14H,3-5H2,1-2H3/t6?,8-/m1/s1. The lowest BCUT2D eigenvalue weighted by Crippen LogP contribution is -2.55. The molecular formula is C8H14N4O3. The number of β-amino-alcohol motifs (C(OH)–C–C–N with tert-alkyl or cyclic N) is 1. The molecular weight excluding hydrogens is 200 g/mol. The maximum absolute atomic E-state index is 11.2. The van der Waals surface area contributed by atoms with Gasteiger partial charge in [-0.1, -0.05) is 5.11 Å². The summed E-state index contributed by atoms with van der Waals surface area (Å²) in [7, 11) is 1.29. The van der Waals surface area contributed by atoms with Crippen LogP contribution in [0, 0.1) is 0 Å². The first kappa shape index (κ1) is 11.6. The molecule has 1 N–H and O–H groups in total. The van der Waals surface area contributed by atoms with E-state index in [1.807, 2.05) is 0 Å². The lowest BCUT2D eigenvalue weighted by atomic mass is 9.90. The van der Waals surface area contributed by atoms with Crippen LogP contribution in [-0.2, 0) is 4.74 Å². The Balaban J connectivity index is 2.72. The molecule has 0 aromatic rings. The van der Waals surface area contributed by atoms with Gasteiger partial charge >= 0.3 is 6.09 Å². The minimum absolute atomic E-state index is 0.114. The van der Waals surface area contributed by atoms with E-state index in [1.54, 1.807) is 6.92 Å². The Bertz CT molecular complexity index is 298. The number of amides is 1. The van der Waals surface area contributed by atoms with E-state index in [1.165, 1.54) is 12.0 Å². The molecule has 0 spiro atoms. The summed E-state index contributed by atoms with van der Waals surface area (Å²) in [4.78, 5) is 15.3. The number of hydrogen-bond donors (Lipinski definition) is 1. The molecule has 1 saturated heterocycles. The van der Waals surface area contributed by atoms with Gasteiger partial charge in [0.2, 0.25) is 0 Å². The van der Waals surface area contributed by atoms with E-state index in [9.17, 15) is 9.90 Å². The van der Waals surface area contributed by atoms with Crippen molar-refractivity contribution >= 4 is 6.09 Å². The Morgan fingerprint density at radius 2 is 2.47 bits per heavy atom. The van der Waals surface area contributed by atoms with Gasteiger partial charge in [0, 0.05) is 11.5 Å². The summed E-state index contributed by atoms with van der Waals surface area (Å²) >= 11 is 0. The molecule has 2 atom stereocenters. The number of azide groups is 1.